The molecule has 3 aliphatic rings. The van der Waals surface area contributed by atoms with Crippen LogP contribution in [0, 0.1) is 23.7 Å². The average Bonchev–Trinajstić information content (AvgIpc) is 2.39. The van der Waals surface area contributed by atoms with Gasteiger partial charge in [-0.25, -0.2) is 0 Å². The molecule has 0 saturated heterocycles. The molecule has 0 N–H and O–H groups in total. The third-order valence-corrected chi connectivity index (χ3v) is 4.73. The molecule has 3 aliphatic carbocycles. The zero-order chi connectivity index (χ0) is 8.84. The summed E-state index contributed by atoms with van der Waals surface area (Å²) in [4.78, 5) is 0. The lowest BCUT2D eigenvalue weighted by atomic mass is 9.61. The number of ether oxygens (including phenoxy) is 1. The minimum absolute atomic E-state index is 0.639. The van der Waals surface area contributed by atoms with Crippen molar-refractivity contribution in [3.63, 3.8) is 0 Å². The Balaban J connectivity index is 1.71. The first-order valence-electron chi connectivity index (χ1n) is 6.00. The highest BCUT2D eigenvalue weighted by Gasteiger charge is 2.50. The highest BCUT2D eigenvalue weighted by molar-refractivity contribution is 5.00. The normalized spacial score (nSPS) is 52.8. The lowest BCUT2D eigenvalue weighted by Crippen LogP contribution is -2.36. The molecule has 0 amide bonds. The number of hydrogen-bond donors (Lipinski definition) is 0. The first-order chi connectivity index (χ1) is 6.38. The summed E-state index contributed by atoms with van der Waals surface area (Å²) < 4.78 is 5.84. The molecule has 13 heavy (non-hydrogen) atoms. The van der Waals surface area contributed by atoms with Crippen molar-refractivity contribution in [2.75, 3.05) is 6.61 Å². The molecule has 74 valence electrons. The summed E-state index contributed by atoms with van der Waals surface area (Å²) in [5.41, 5.74) is 0. The van der Waals surface area contributed by atoms with E-state index in [2.05, 4.69) is 6.92 Å². The maximum atomic E-state index is 5.84. The van der Waals surface area contributed by atoms with Crippen LogP contribution >= 0.6 is 0 Å². The molecule has 0 aromatic heterocycles. The molecule has 5 atom stereocenters. The van der Waals surface area contributed by atoms with Crippen LogP contribution in [0.25, 0.3) is 0 Å². The molecule has 0 aromatic carbocycles. The standard InChI is InChI=1S/C12H20O/c1-2-13-12-7-9-6-10(12)5-8-3-4-11(8)9/h8-12H,2-7H2,1H3. The molecule has 5 unspecified atom stereocenters. The van der Waals surface area contributed by atoms with Gasteiger partial charge < -0.3 is 4.74 Å². The highest BCUT2D eigenvalue weighted by Crippen LogP contribution is 2.56. The smallest absolute Gasteiger partial charge is 0.0606 e. The lowest BCUT2D eigenvalue weighted by Gasteiger charge is -2.44. The van der Waals surface area contributed by atoms with Crippen LogP contribution in [-0.2, 0) is 4.74 Å². The maximum Gasteiger partial charge on any atom is 0.0606 e. The molecule has 1 nitrogen and oxygen atoms in total. The number of rotatable bonds is 2. The van der Waals surface area contributed by atoms with Crippen molar-refractivity contribution in [2.45, 2.75) is 45.1 Å². The quantitative estimate of drug-likeness (QED) is 0.635. The van der Waals surface area contributed by atoms with Crippen molar-refractivity contribution in [3.8, 4) is 0 Å². The second-order valence-electron chi connectivity index (χ2n) is 5.22. The lowest BCUT2D eigenvalue weighted by molar-refractivity contribution is 0.0177. The fraction of sp³-hybridized carbons (Fsp3) is 1.00. The van der Waals surface area contributed by atoms with Crippen LogP contribution in [0.4, 0.5) is 0 Å². The van der Waals surface area contributed by atoms with Crippen molar-refractivity contribution < 1.29 is 4.74 Å². The topological polar surface area (TPSA) is 9.23 Å². The summed E-state index contributed by atoms with van der Waals surface area (Å²) in [6.45, 7) is 3.06. The Morgan fingerprint density at radius 1 is 1.00 bits per heavy atom. The second-order valence-corrected chi connectivity index (χ2v) is 5.22. The first-order valence-corrected chi connectivity index (χ1v) is 6.00. The zero-order valence-corrected chi connectivity index (χ0v) is 8.54. The van der Waals surface area contributed by atoms with Gasteiger partial charge in [-0.15, -0.1) is 0 Å². The summed E-state index contributed by atoms with van der Waals surface area (Å²) in [7, 11) is 0. The van der Waals surface area contributed by atoms with Crippen LogP contribution in [-0.4, -0.2) is 12.7 Å². The summed E-state index contributed by atoms with van der Waals surface area (Å²) >= 11 is 0. The predicted octanol–water partition coefficient (Wildman–Crippen LogP) is 2.85. The molecule has 3 saturated carbocycles. The van der Waals surface area contributed by atoms with Gasteiger partial charge in [0.25, 0.3) is 0 Å². The van der Waals surface area contributed by atoms with E-state index in [1.54, 1.807) is 0 Å². The van der Waals surface area contributed by atoms with Gasteiger partial charge in [0.15, 0.2) is 0 Å². The Morgan fingerprint density at radius 3 is 2.54 bits per heavy atom. The molecule has 0 aliphatic heterocycles. The SMILES string of the molecule is CCOC1CC2CC1CC1CCC12. The van der Waals surface area contributed by atoms with Gasteiger partial charge in [-0.3, -0.25) is 0 Å². The average molecular weight is 180 g/mol. The monoisotopic (exact) mass is 180 g/mol. The van der Waals surface area contributed by atoms with E-state index in [1.807, 2.05) is 0 Å². The Hall–Kier alpha value is -0.0400. The van der Waals surface area contributed by atoms with Gasteiger partial charge in [0.2, 0.25) is 0 Å². The number of fused-ring (bicyclic) bond motifs is 4. The van der Waals surface area contributed by atoms with E-state index in [1.165, 1.54) is 32.1 Å². The van der Waals surface area contributed by atoms with Crippen LogP contribution < -0.4 is 0 Å². The van der Waals surface area contributed by atoms with E-state index in [-0.39, 0.29) is 0 Å². The van der Waals surface area contributed by atoms with Crippen LogP contribution in [0.15, 0.2) is 0 Å². The molecule has 3 rings (SSSR count). The van der Waals surface area contributed by atoms with Crippen LogP contribution in [0.2, 0.25) is 0 Å². The van der Waals surface area contributed by atoms with Crippen molar-refractivity contribution in [2.24, 2.45) is 23.7 Å². The third-order valence-electron chi connectivity index (χ3n) is 4.73. The molecule has 2 bridgehead atoms. The van der Waals surface area contributed by atoms with Gasteiger partial charge in [0, 0.05) is 6.61 Å². The largest absolute Gasteiger partial charge is 0.378 e. The highest BCUT2D eigenvalue weighted by atomic mass is 16.5. The minimum atomic E-state index is 0.639. The van der Waals surface area contributed by atoms with E-state index in [9.17, 15) is 0 Å². The Labute approximate surface area is 80.8 Å². The predicted molar refractivity (Wildman–Crippen MR) is 52.5 cm³/mol. The molecule has 0 radical (unpaired) electrons. The Bertz CT molecular complexity index is 201. The Kier molecular flexibility index (Phi) is 1.90. The molecule has 3 fully saturated rings. The Morgan fingerprint density at radius 2 is 1.85 bits per heavy atom. The summed E-state index contributed by atoms with van der Waals surface area (Å²) in [5, 5.41) is 0. The molecule has 0 aromatic rings. The zero-order valence-electron chi connectivity index (χ0n) is 8.54. The second kappa shape index (κ2) is 2.98. The maximum absolute atomic E-state index is 5.84. The van der Waals surface area contributed by atoms with Gasteiger partial charge in [-0.1, -0.05) is 0 Å². The fourth-order valence-electron chi connectivity index (χ4n) is 4.04. The van der Waals surface area contributed by atoms with Crippen LogP contribution in [0.3, 0.4) is 0 Å². The van der Waals surface area contributed by atoms with E-state index in [0.717, 1.165) is 30.3 Å². The number of hydrogen-bond acceptors (Lipinski definition) is 1. The third kappa shape index (κ3) is 1.16. The molecular weight excluding hydrogens is 160 g/mol. The van der Waals surface area contributed by atoms with E-state index >= 15 is 0 Å². The van der Waals surface area contributed by atoms with Crippen LogP contribution in [0.1, 0.15) is 39.0 Å². The van der Waals surface area contributed by atoms with Gasteiger partial charge in [-0.05, 0) is 62.7 Å². The summed E-state index contributed by atoms with van der Waals surface area (Å²) in [5.74, 6) is 4.21. The van der Waals surface area contributed by atoms with E-state index in [0.29, 0.717) is 6.10 Å². The fourth-order valence-corrected chi connectivity index (χ4v) is 4.04. The van der Waals surface area contributed by atoms with Crippen molar-refractivity contribution in [1.82, 2.24) is 0 Å². The van der Waals surface area contributed by atoms with Gasteiger partial charge >= 0.3 is 0 Å². The molecule has 1 heteroatoms. The molecule has 0 spiro atoms. The van der Waals surface area contributed by atoms with Gasteiger partial charge in [0.1, 0.15) is 0 Å². The van der Waals surface area contributed by atoms with Gasteiger partial charge in [0.05, 0.1) is 6.10 Å². The molecule has 0 heterocycles. The summed E-state index contributed by atoms with van der Waals surface area (Å²) in [6, 6.07) is 0. The van der Waals surface area contributed by atoms with Crippen LogP contribution in [0.5, 0.6) is 0 Å². The molecular formula is C12H20O. The van der Waals surface area contributed by atoms with Crippen molar-refractivity contribution in [3.05, 3.63) is 0 Å². The van der Waals surface area contributed by atoms with E-state index in [4.69, 9.17) is 4.74 Å². The van der Waals surface area contributed by atoms with Crippen molar-refractivity contribution in [1.29, 1.82) is 0 Å². The minimum Gasteiger partial charge on any atom is -0.378 e. The van der Waals surface area contributed by atoms with Gasteiger partial charge in [-0.2, -0.15) is 0 Å². The summed E-state index contributed by atoms with van der Waals surface area (Å²) in [6.07, 6.45) is 8.06. The first kappa shape index (κ1) is 8.28. The van der Waals surface area contributed by atoms with Crippen molar-refractivity contribution >= 4 is 0 Å². The van der Waals surface area contributed by atoms with E-state index < -0.39 is 0 Å².